The standard InChI is InChI=1S/C12H16FNO2/c1-3-16-12(15)7-11(14)9-5-4-8(2)10(13)6-9/h4-6,11H,3,7,14H2,1-2H3/t11-/m1/s1. The first-order chi connectivity index (χ1) is 7.54. The van der Waals surface area contributed by atoms with Gasteiger partial charge in [-0.15, -0.1) is 0 Å². The molecule has 1 aromatic rings. The van der Waals surface area contributed by atoms with Crippen LogP contribution in [0.25, 0.3) is 0 Å². The molecule has 0 aliphatic carbocycles. The van der Waals surface area contributed by atoms with Gasteiger partial charge in [-0.1, -0.05) is 12.1 Å². The summed E-state index contributed by atoms with van der Waals surface area (Å²) in [5.74, 6) is -0.673. The van der Waals surface area contributed by atoms with Crippen LogP contribution in [0.2, 0.25) is 0 Å². The van der Waals surface area contributed by atoms with Crippen LogP contribution in [-0.2, 0) is 9.53 Å². The summed E-state index contributed by atoms with van der Waals surface area (Å²) >= 11 is 0. The van der Waals surface area contributed by atoms with Gasteiger partial charge < -0.3 is 10.5 Å². The lowest BCUT2D eigenvalue weighted by Gasteiger charge is -2.11. The highest BCUT2D eigenvalue weighted by Crippen LogP contribution is 2.17. The molecule has 0 saturated carbocycles. The highest BCUT2D eigenvalue weighted by molar-refractivity contribution is 5.70. The normalized spacial score (nSPS) is 12.2. The van der Waals surface area contributed by atoms with E-state index in [1.165, 1.54) is 6.07 Å². The van der Waals surface area contributed by atoms with Gasteiger partial charge in [0.1, 0.15) is 5.82 Å². The van der Waals surface area contributed by atoms with Crippen molar-refractivity contribution in [1.82, 2.24) is 0 Å². The molecule has 4 heteroatoms. The molecule has 0 bridgehead atoms. The molecule has 0 unspecified atom stereocenters. The summed E-state index contributed by atoms with van der Waals surface area (Å²) in [5.41, 5.74) is 6.95. The third-order valence-electron chi connectivity index (χ3n) is 2.32. The number of halogens is 1. The number of hydrogen-bond acceptors (Lipinski definition) is 3. The highest BCUT2D eigenvalue weighted by Gasteiger charge is 2.13. The molecule has 1 aromatic carbocycles. The minimum Gasteiger partial charge on any atom is -0.466 e. The van der Waals surface area contributed by atoms with Crippen molar-refractivity contribution < 1.29 is 13.9 Å². The highest BCUT2D eigenvalue weighted by atomic mass is 19.1. The minimum atomic E-state index is -0.519. The first-order valence-electron chi connectivity index (χ1n) is 5.21. The van der Waals surface area contributed by atoms with Gasteiger partial charge in [0.2, 0.25) is 0 Å². The second-order valence-corrected chi connectivity index (χ2v) is 3.62. The Bertz CT molecular complexity index is 379. The molecular formula is C12H16FNO2. The maximum absolute atomic E-state index is 13.3. The van der Waals surface area contributed by atoms with Gasteiger partial charge >= 0.3 is 5.97 Å². The fourth-order valence-electron chi connectivity index (χ4n) is 1.36. The Balaban J connectivity index is 2.69. The lowest BCUT2D eigenvalue weighted by molar-refractivity contribution is -0.143. The van der Waals surface area contributed by atoms with E-state index in [2.05, 4.69) is 0 Å². The second-order valence-electron chi connectivity index (χ2n) is 3.62. The number of aryl methyl sites for hydroxylation is 1. The van der Waals surface area contributed by atoms with Crippen LogP contribution < -0.4 is 5.73 Å². The maximum Gasteiger partial charge on any atom is 0.307 e. The van der Waals surface area contributed by atoms with E-state index in [0.29, 0.717) is 17.7 Å². The molecule has 0 radical (unpaired) electrons. The molecule has 0 aliphatic rings. The summed E-state index contributed by atoms with van der Waals surface area (Å²) in [7, 11) is 0. The molecule has 0 heterocycles. The van der Waals surface area contributed by atoms with Crippen molar-refractivity contribution in [3.05, 3.63) is 35.1 Å². The molecule has 1 atom stereocenters. The number of hydrogen-bond donors (Lipinski definition) is 1. The first-order valence-corrected chi connectivity index (χ1v) is 5.21. The van der Waals surface area contributed by atoms with E-state index in [1.807, 2.05) is 0 Å². The molecule has 0 fully saturated rings. The molecule has 0 amide bonds. The van der Waals surface area contributed by atoms with Crippen molar-refractivity contribution in [3.63, 3.8) is 0 Å². The molecular weight excluding hydrogens is 209 g/mol. The molecule has 0 spiro atoms. The van der Waals surface area contributed by atoms with Gasteiger partial charge in [0.25, 0.3) is 0 Å². The average molecular weight is 225 g/mol. The van der Waals surface area contributed by atoms with Gasteiger partial charge in [-0.05, 0) is 31.0 Å². The number of carbonyl (C=O) groups is 1. The fraction of sp³-hybridized carbons (Fsp3) is 0.417. The number of esters is 1. The summed E-state index contributed by atoms with van der Waals surface area (Å²) in [4.78, 5) is 11.2. The van der Waals surface area contributed by atoms with Crippen molar-refractivity contribution in [3.8, 4) is 0 Å². The van der Waals surface area contributed by atoms with Gasteiger partial charge in [0, 0.05) is 6.04 Å². The minimum absolute atomic E-state index is 0.0658. The second kappa shape index (κ2) is 5.61. The van der Waals surface area contributed by atoms with E-state index in [9.17, 15) is 9.18 Å². The number of carbonyl (C=O) groups excluding carboxylic acids is 1. The van der Waals surface area contributed by atoms with Crippen molar-refractivity contribution in [1.29, 1.82) is 0 Å². The Labute approximate surface area is 94.4 Å². The van der Waals surface area contributed by atoms with Crippen LogP contribution in [0.1, 0.15) is 30.5 Å². The Morgan fingerprint density at radius 2 is 2.25 bits per heavy atom. The van der Waals surface area contributed by atoms with Crippen LogP contribution in [-0.4, -0.2) is 12.6 Å². The Hall–Kier alpha value is -1.42. The van der Waals surface area contributed by atoms with Crippen molar-refractivity contribution in [2.75, 3.05) is 6.61 Å². The average Bonchev–Trinajstić information content (AvgIpc) is 2.22. The lowest BCUT2D eigenvalue weighted by Crippen LogP contribution is -2.17. The smallest absolute Gasteiger partial charge is 0.307 e. The van der Waals surface area contributed by atoms with Gasteiger partial charge in [-0.2, -0.15) is 0 Å². The maximum atomic E-state index is 13.3. The van der Waals surface area contributed by atoms with Crippen LogP contribution in [0.15, 0.2) is 18.2 Å². The van der Waals surface area contributed by atoms with Crippen LogP contribution in [0, 0.1) is 12.7 Å². The molecule has 1 rings (SSSR count). The van der Waals surface area contributed by atoms with Crippen molar-refractivity contribution in [2.45, 2.75) is 26.3 Å². The van der Waals surface area contributed by atoms with Crippen LogP contribution in [0.5, 0.6) is 0 Å². The Morgan fingerprint density at radius 3 is 2.81 bits per heavy atom. The van der Waals surface area contributed by atoms with E-state index in [0.717, 1.165) is 0 Å². The SMILES string of the molecule is CCOC(=O)C[C@@H](N)c1ccc(C)c(F)c1. The number of benzene rings is 1. The van der Waals surface area contributed by atoms with E-state index in [1.54, 1.807) is 26.0 Å². The van der Waals surface area contributed by atoms with Gasteiger partial charge in [0.15, 0.2) is 0 Å². The van der Waals surface area contributed by atoms with Crippen molar-refractivity contribution in [2.24, 2.45) is 5.73 Å². The lowest BCUT2D eigenvalue weighted by atomic mass is 10.0. The molecule has 2 N–H and O–H groups in total. The zero-order valence-corrected chi connectivity index (χ0v) is 9.50. The predicted octanol–water partition coefficient (Wildman–Crippen LogP) is 2.09. The molecule has 0 aliphatic heterocycles. The molecule has 0 saturated heterocycles. The summed E-state index contributed by atoms with van der Waals surface area (Å²) in [6.07, 6.45) is 0.0658. The van der Waals surface area contributed by atoms with Crippen LogP contribution >= 0.6 is 0 Å². The van der Waals surface area contributed by atoms with Gasteiger partial charge in [-0.25, -0.2) is 4.39 Å². The first kappa shape index (κ1) is 12.6. The summed E-state index contributed by atoms with van der Waals surface area (Å²) in [6.45, 7) is 3.73. The largest absolute Gasteiger partial charge is 0.466 e. The molecule has 3 nitrogen and oxygen atoms in total. The summed E-state index contributed by atoms with van der Waals surface area (Å²) in [6, 6.07) is 4.21. The molecule has 0 aromatic heterocycles. The molecule has 16 heavy (non-hydrogen) atoms. The summed E-state index contributed by atoms with van der Waals surface area (Å²) < 4.78 is 18.0. The Morgan fingerprint density at radius 1 is 1.56 bits per heavy atom. The van der Waals surface area contributed by atoms with E-state index >= 15 is 0 Å². The van der Waals surface area contributed by atoms with E-state index in [4.69, 9.17) is 10.5 Å². The Kier molecular flexibility index (Phi) is 4.43. The zero-order chi connectivity index (χ0) is 12.1. The number of ether oxygens (including phenoxy) is 1. The van der Waals surface area contributed by atoms with Crippen LogP contribution in [0.4, 0.5) is 4.39 Å². The van der Waals surface area contributed by atoms with Gasteiger partial charge in [0.05, 0.1) is 13.0 Å². The quantitative estimate of drug-likeness (QED) is 0.798. The third kappa shape index (κ3) is 3.31. The fourth-order valence-corrected chi connectivity index (χ4v) is 1.36. The molecule has 88 valence electrons. The monoisotopic (exact) mass is 225 g/mol. The zero-order valence-electron chi connectivity index (χ0n) is 9.50. The van der Waals surface area contributed by atoms with Crippen molar-refractivity contribution >= 4 is 5.97 Å². The number of nitrogens with two attached hydrogens (primary N) is 1. The van der Waals surface area contributed by atoms with Gasteiger partial charge in [-0.3, -0.25) is 4.79 Å². The topological polar surface area (TPSA) is 52.3 Å². The van der Waals surface area contributed by atoms with E-state index in [-0.39, 0.29) is 18.2 Å². The predicted molar refractivity (Wildman–Crippen MR) is 59.3 cm³/mol. The van der Waals surface area contributed by atoms with E-state index < -0.39 is 6.04 Å². The summed E-state index contributed by atoms with van der Waals surface area (Å²) in [5, 5.41) is 0. The van der Waals surface area contributed by atoms with Crippen LogP contribution in [0.3, 0.4) is 0 Å². The third-order valence-corrected chi connectivity index (χ3v) is 2.32. The number of rotatable bonds is 4.